The Morgan fingerprint density at radius 1 is 1.33 bits per heavy atom. The average Bonchev–Trinajstić information content (AvgIpc) is 2.53. The van der Waals surface area contributed by atoms with Gasteiger partial charge in [0.15, 0.2) is 0 Å². The number of amides is 1. The van der Waals surface area contributed by atoms with E-state index in [9.17, 15) is 4.79 Å². The molecule has 0 aliphatic heterocycles. The molecule has 0 atom stereocenters. The maximum absolute atomic E-state index is 12.2. The van der Waals surface area contributed by atoms with Crippen molar-refractivity contribution in [1.82, 2.24) is 5.32 Å². The lowest BCUT2D eigenvalue weighted by Gasteiger charge is -2.12. The number of nitrogens with zero attached hydrogens (tertiary/aromatic N) is 1. The Labute approximate surface area is 150 Å². The summed E-state index contributed by atoms with van der Waals surface area (Å²) in [5.74, 6) is -0.141. The van der Waals surface area contributed by atoms with Gasteiger partial charge in [-0.05, 0) is 68.5 Å². The van der Waals surface area contributed by atoms with Crippen molar-refractivity contribution in [3.8, 4) is 0 Å². The molecule has 1 N–H and O–H groups in total. The number of nitrogens with one attached hydrogen (secondary N) is 1. The van der Waals surface area contributed by atoms with Crippen LogP contribution in [0.3, 0.4) is 0 Å². The molecule has 4 heteroatoms. The molecule has 0 saturated heterocycles. The molecule has 0 heterocycles. The lowest BCUT2D eigenvalue weighted by atomic mass is 9.97. The highest BCUT2D eigenvalue weighted by atomic mass is 35.5. The van der Waals surface area contributed by atoms with Crippen LogP contribution in [0.25, 0.3) is 5.57 Å². The number of hydrogen-bond acceptors (Lipinski definition) is 2. The Balaban J connectivity index is 2.79. The molecule has 1 aromatic rings. The van der Waals surface area contributed by atoms with E-state index in [1.807, 2.05) is 32.0 Å². The normalized spacial score (nSPS) is 12.1. The monoisotopic (exact) mass is 346 g/mol. The molecule has 1 rings (SSSR count). The van der Waals surface area contributed by atoms with Crippen molar-refractivity contribution in [2.75, 3.05) is 13.6 Å². The first-order chi connectivity index (χ1) is 11.4. The van der Waals surface area contributed by atoms with E-state index in [-0.39, 0.29) is 5.91 Å². The second-order valence-electron chi connectivity index (χ2n) is 5.93. The van der Waals surface area contributed by atoms with E-state index in [0.717, 1.165) is 29.0 Å². The van der Waals surface area contributed by atoms with Crippen LogP contribution in [0.5, 0.6) is 0 Å². The van der Waals surface area contributed by atoms with Gasteiger partial charge in [-0.2, -0.15) is 0 Å². The zero-order chi connectivity index (χ0) is 18.1. The van der Waals surface area contributed by atoms with Gasteiger partial charge in [0, 0.05) is 18.6 Å². The molecule has 0 saturated carbocycles. The van der Waals surface area contributed by atoms with Gasteiger partial charge in [-0.15, -0.1) is 0 Å². The number of carbonyl (C=O) groups is 1. The van der Waals surface area contributed by atoms with Gasteiger partial charge in [-0.3, -0.25) is 9.79 Å². The number of allylic oxidation sites excluding steroid dienone is 2. The second-order valence-corrected chi connectivity index (χ2v) is 6.37. The summed E-state index contributed by atoms with van der Waals surface area (Å²) in [4.78, 5) is 16.2. The quantitative estimate of drug-likeness (QED) is 0.694. The van der Waals surface area contributed by atoms with E-state index in [1.54, 1.807) is 13.1 Å². The minimum Gasteiger partial charge on any atom is -0.350 e. The zero-order valence-electron chi connectivity index (χ0n) is 15.2. The molecular formula is C20H27ClN2O. The minimum absolute atomic E-state index is 0.141. The predicted molar refractivity (Wildman–Crippen MR) is 105 cm³/mol. The van der Waals surface area contributed by atoms with Crippen molar-refractivity contribution in [2.45, 2.75) is 40.5 Å². The van der Waals surface area contributed by atoms with E-state index in [4.69, 9.17) is 11.6 Å². The molecule has 0 aliphatic rings. The fourth-order valence-electron chi connectivity index (χ4n) is 2.44. The van der Waals surface area contributed by atoms with Gasteiger partial charge in [0.25, 0.3) is 5.91 Å². The molecule has 130 valence electrons. The Hall–Kier alpha value is -1.87. The Morgan fingerprint density at radius 3 is 2.62 bits per heavy atom. The van der Waals surface area contributed by atoms with Crippen LogP contribution in [0.2, 0.25) is 5.02 Å². The molecule has 0 aromatic heterocycles. The lowest BCUT2D eigenvalue weighted by Crippen LogP contribution is -2.31. The molecule has 0 aliphatic carbocycles. The number of hydrogen-bond donors (Lipinski definition) is 1. The van der Waals surface area contributed by atoms with Crippen LogP contribution in [-0.2, 0) is 4.79 Å². The van der Waals surface area contributed by atoms with E-state index in [2.05, 4.69) is 30.2 Å². The molecular weight excluding hydrogens is 320 g/mol. The van der Waals surface area contributed by atoms with Crippen LogP contribution in [0.4, 0.5) is 0 Å². The number of aliphatic imine (C=N–C) groups is 1. The fraction of sp³-hybridized carbons (Fsp3) is 0.400. The molecule has 0 spiro atoms. The summed E-state index contributed by atoms with van der Waals surface area (Å²) >= 11 is 6.14. The molecule has 1 amide bonds. The van der Waals surface area contributed by atoms with E-state index in [0.29, 0.717) is 12.3 Å². The Kier molecular flexibility index (Phi) is 8.48. The SMILES string of the molecule is CC/C=C(/CCNC(=O)/C(C=C(C)C)=N/C)c1cc(Cl)ccc1C. The summed E-state index contributed by atoms with van der Waals surface area (Å²) in [5.41, 5.74) is 5.04. The van der Waals surface area contributed by atoms with Crippen LogP contribution in [0, 0.1) is 6.92 Å². The molecule has 24 heavy (non-hydrogen) atoms. The summed E-state index contributed by atoms with van der Waals surface area (Å²) in [5, 5.41) is 3.67. The number of rotatable bonds is 7. The van der Waals surface area contributed by atoms with Crippen LogP contribution in [0.1, 0.15) is 44.7 Å². The van der Waals surface area contributed by atoms with Crippen molar-refractivity contribution in [3.63, 3.8) is 0 Å². The molecule has 0 bridgehead atoms. The van der Waals surface area contributed by atoms with Crippen molar-refractivity contribution in [1.29, 1.82) is 0 Å². The zero-order valence-corrected chi connectivity index (χ0v) is 16.0. The highest BCUT2D eigenvalue weighted by Gasteiger charge is 2.10. The largest absolute Gasteiger partial charge is 0.350 e. The first-order valence-electron chi connectivity index (χ1n) is 8.24. The molecule has 0 unspecified atom stereocenters. The summed E-state index contributed by atoms with van der Waals surface area (Å²) in [6, 6.07) is 5.91. The third-order valence-corrected chi connectivity index (χ3v) is 3.81. The van der Waals surface area contributed by atoms with Crippen molar-refractivity contribution in [2.24, 2.45) is 4.99 Å². The first-order valence-corrected chi connectivity index (χ1v) is 8.62. The first kappa shape index (κ1) is 20.2. The maximum atomic E-state index is 12.2. The van der Waals surface area contributed by atoms with Gasteiger partial charge >= 0.3 is 0 Å². The molecule has 0 radical (unpaired) electrons. The highest BCUT2D eigenvalue weighted by molar-refractivity contribution is 6.43. The van der Waals surface area contributed by atoms with Gasteiger partial charge in [-0.25, -0.2) is 0 Å². The fourth-order valence-corrected chi connectivity index (χ4v) is 2.61. The summed E-state index contributed by atoms with van der Waals surface area (Å²) in [6.07, 6.45) is 5.68. The predicted octanol–water partition coefficient (Wildman–Crippen LogP) is 4.99. The third kappa shape index (κ3) is 6.32. The van der Waals surface area contributed by atoms with Gasteiger partial charge in [-0.1, -0.05) is 36.2 Å². The Bertz CT molecular complexity index is 668. The van der Waals surface area contributed by atoms with Crippen LogP contribution in [-0.4, -0.2) is 25.2 Å². The van der Waals surface area contributed by atoms with Gasteiger partial charge in [0.05, 0.1) is 0 Å². The standard InChI is InChI=1S/C20H27ClN2O/c1-6-7-16(18-13-17(21)9-8-15(18)4)10-11-23-20(24)19(22-5)12-14(2)3/h7-9,12-13H,6,10-11H2,1-5H3,(H,23,24)/b16-7-,22-19+. The lowest BCUT2D eigenvalue weighted by molar-refractivity contribution is -0.114. The number of benzene rings is 1. The van der Waals surface area contributed by atoms with Crippen LogP contribution in [0.15, 0.2) is 40.9 Å². The van der Waals surface area contributed by atoms with E-state index >= 15 is 0 Å². The molecule has 3 nitrogen and oxygen atoms in total. The number of carbonyl (C=O) groups excluding carboxylic acids is 1. The summed E-state index contributed by atoms with van der Waals surface area (Å²) in [6.45, 7) is 8.64. The number of aryl methyl sites for hydroxylation is 1. The third-order valence-electron chi connectivity index (χ3n) is 3.57. The highest BCUT2D eigenvalue weighted by Crippen LogP contribution is 2.25. The smallest absolute Gasteiger partial charge is 0.269 e. The van der Waals surface area contributed by atoms with Gasteiger partial charge < -0.3 is 5.32 Å². The Morgan fingerprint density at radius 2 is 2.04 bits per heavy atom. The van der Waals surface area contributed by atoms with Crippen molar-refractivity contribution >= 4 is 28.8 Å². The summed E-state index contributed by atoms with van der Waals surface area (Å²) in [7, 11) is 1.63. The van der Waals surface area contributed by atoms with Crippen molar-refractivity contribution in [3.05, 3.63) is 52.1 Å². The second kappa shape index (κ2) is 10.1. The maximum Gasteiger partial charge on any atom is 0.269 e. The topological polar surface area (TPSA) is 41.5 Å². The van der Waals surface area contributed by atoms with E-state index in [1.165, 1.54) is 11.1 Å². The van der Waals surface area contributed by atoms with Crippen LogP contribution < -0.4 is 5.32 Å². The van der Waals surface area contributed by atoms with Gasteiger partial charge in [0.1, 0.15) is 5.71 Å². The summed E-state index contributed by atoms with van der Waals surface area (Å²) < 4.78 is 0. The number of halogens is 1. The van der Waals surface area contributed by atoms with E-state index < -0.39 is 0 Å². The van der Waals surface area contributed by atoms with Crippen molar-refractivity contribution < 1.29 is 4.79 Å². The molecule has 0 fully saturated rings. The molecule has 1 aromatic carbocycles. The van der Waals surface area contributed by atoms with Crippen LogP contribution >= 0.6 is 11.6 Å². The average molecular weight is 347 g/mol. The minimum atomic E-state index is -0.141. The van der Waals surface area contributed by atoms with Gasteiger partial charge in [0.2, 0.25) is 0 Å².